The first-order valence-electron chi connectivity index (χ1n) is 9.26. The summed E-state index contributed by atoms with van der Waals surface area (Å²) in [5, 5.41) is 8.55. The molecule has 28 heavy (non-hydrogen) atoms. The van der Waals surface area contributed by atoms with Crippen LogP contribution in [-0.2, 0) is 10.3 Å². The number of para-hydroxylation sites is 1. The van der Waals surface area contributed by atoms with Gasteiger partial charge >= 0.3 is 5.97 Å². The lowest BCUT2D eigenvalue weighted by Gasteiger charge is -2.39. The van der Waals surface area contributed by atoms with Crippen molar-refractivity contribution in [2.24, 2.45) is 0 Å². The van der Waals surface area contributed by atoms with Crippen molar-refractivity contribution in [3.8, 4) is 5.69 Å². The van der Waals surface area contributed by atoms with Crippen LogP contribution in [0.3, 0.4) is 0 Å². The Bertz CT molecular complexity index is 1060. The maximum Gasteiger partial charge on any atom is 0.339 e. The van der Waals surface area contributed by atoms with Gasteiger partial charge in [0.1, 0.15) is 0 Å². The Kier molecular flexibility index (Phi) is 3.75. The van der Waals surface area contributed by atoms with Crippen molar-refractivity contribution in [1.82, 2.24) is 19.9 Å². The van der Waals surface area contributed by atoms with Gasteiger partial charge in [0, 0.05) is 12.1 Å². The predicted molar refractivity (Wildman–Crippen MR) is 100 cm³/mol. The van der Waals surface area contributed by atoms with E-state index in [9.17, 15) is 9.59 Å². The van der Waals surface area contributed by atoms with E-state index >= 15 is 0 Å². The van der Waals surface area contributed by atoms with E-state index in [1.807, 2.05) is 48.5 Å². The van der Waals surface area contributed by atoms with Gasteiger partial charge in [-0.05, 0) is 31.0 Å². The summed E-state index contributed by atoms with van der Waals surface area (Å²) in [4.78, 5) is 28.5. The maximum atomic E-state index is 13.0. The average Bonchev–Trinajstić information content (AvgIpc) is 3.33. The topological polar surface area (TPSA) is 77.3 Å². The summed E-state index contributed by atoms with van der Waals surface area (Å²) in [7, 11) is 0. The number of esters is 1. The molecule has 5 rings (SSSR count). The molecule has 140 valence electrons. The molecule has 1 saturated heterocycles. The second-order valence-corrected chi connectivity index (χ2v) is 7.11. The average molecular weight is 374 g/mol. The summed E-state index contributed by atoms with van der Waals surface area (Å²) in [5.41, 5.74) is 1.75. The zero-order valence-electron chi connectivity index (χ0n) is 15.1. The van der Waals surface area contributed by atoms with E-state index in [2.05, 4.69) is 10.2 Å². The molecule has 2 aliphatic heterocycles. The highest BCUT2D eigenvalue weighted by Gasteiger charge is 2.48. The Morgan fingerprint density at radius 2 is 1.86 bits per heavy atom. The molecule has 0 N–H and O–H groups in total. The first-order chi connectivity index (χ1) is 13.7. The van der Waals surface area contributed by atoms with Crippen molar-refractivity contribution in [3.63, 3.8) is 0 Å². The quantitative estimate of drug-likeness (QED) is 0.645. The first kappa shape index (κ1) is 16.7. The van der Waals surface area contributed by atoms with Crippen LogP contribution in [0.2, 0.25) is 0 Å². The van der Waals surface area contributed by atoms with Crippen LogP contribution in [0.25, 0.3) is 5.69 Å². The highest BCUT2D eigenvalue weighted by atomic mass is 16.6. The Balaban J connectivity index is 1.41. The van der Waals surface area contributed by atoms with Crippen molar-refractivity contribution >= 4 is 11.9 Å². The number of carbonyl (C=O) groups is 2. The molecule has 1 aromatic heterocycles. The third-order valence-electron chi connectivity index (χ3n) is 5.37. The number of ether oxygens (including phenoxy) is 1. The highest BCUT2D eigenvalue weighted by Crippen LogP contribution is 2.42. The van der Waals surface area contributed by atoms with Gasteiger partial charge in [0.05, 0.1) is 24.0 Å². The van der Waals surface area contributed by atoms with Crippen LogP contribution in [0.4, 0.5) is 0 Å². The van der Waals surface area contributed by atoms with Crippen LogP contribution in [0, 0.1) is 0 Å². The lowest BCUT2D eigenvalue weighted by atomic mass is 9.85. The summed E-state index contributed by atoms with van der Waals surface area (Å²) in [6.07, 6.45) is 2.93. The molecule has 1 spiro atoms. The van der Waals surface area contributed by atoms with E-state index in [0.29, 0.717) is 25.1 Å². The molecule has 1 fully saturated rings. The SMILES string of the molecule is O=C1OC2(CCCN(C(=O)c3cnn(-c4ccccc4)n3)C2)c2ccccc21. The van der Waals surface area contributed by atoms with Crippen LogP contribution in [0.1, 0.15) is 39.3 Å². The fourth-order valence-electron chi connectivity index (χ4n) is 4.05. The Morgan fingerprint density at radius 1 is 1.07 bits per heavy atom. The van der Waals surface area contributed by atoms with Gasteiger partial charge in [0.2, 0.25) is 0 Å². The second-order valence-electron chi connectivity index (χ2n) is 7.11. The normalized spacial score (nSPS) is 20.9. The van der Waals surface area contributed by atoms with Gasteiger partial charge in [-0.3, -0.25) is 4.79 Å². The molecule has 1 amide bonds. The van der Waals surface area contributed by atoms with Crippen molar-refractivity contribution in [3.05, 3.63) is 77.6 Å². The molecule has 0 saturated carbocycles. The Hall–Kier alpha value is -3.48. The summed E-state index contributed by atoms with van der Waals surface area (Å²) in [6.45, 7) is 0.922. The van der Waals surface area contributed by atoms with Crippen molar-refractivity contribution < 1.29 is 14.3 Å². The standard InChI is InChI=1S/C21H18N4O3/c26-19(18-13-22-25(23-18)15-7-2-1-3-8-15)24-12-6-11-21(14-24)17-10-5-4-9-16(17)20(27)28-21/h1-5,7-10,13H,6,11-12,14H2. The molecule has 1 unspecified atom stereocenters. The van der Waals surface area contributed by atoms with Crippen LogP contribution in [0.15, 0.2) is 60.8 Å². The van der Waals surface area contributed by atoms with E-state index in [0.717, 1.165) is 17.7 Å². The molecule has 1 atom stereocenters. The summed E-state index contributed by atoms with van der Waals surface area (Å²) in [5.74, 6) is -0.526. The number of hydrogen-bond donors (Lipinski definition) is 0. The van der Waals surface area contributed by atoms with Crippen molar-refractivity contribution in [1.29, 1.82) is 0 Å². The van der Waals surface area contributed by atoms with Crippen LogP contribution < -0.4 is 0 Å². The third-order valence-corrected chi connectivity index (χ3v) is 5.37. The molecule has 2 aliphatic rings. The van der Waals surface area contributed by atoms with Gasteiger partial charge < -0.3 is 9.64 Å². The van der Waals surface area contributed by atoms with Gasteiger partial charge in [0.25, 0.3) is 5.91 Å². The van der Waals surface area contributed by atoms with Crippen molar-refractivity contribution in [2.45, 2.75) is 18.4 Å². The molecular weight excluding hydrogens is 356 g/mol. The number of fused-ring (bicyclic) bond motifs is 2. The molecule has 7 nitrogen and oxygen atoms in total. The zero-order valence-corrected chi connectivity index (χ0v) is 15.1. The number of benzene rings is 2. The monoisotopic (exact) mass is 374 g/mol. The minimum atomic E-state index is -0.767. The maximum absolute atomic E-state index is 13.0. The fraction of sp³-hybridized carbons (Fsp3) is 0.238. The van der Waals surface area contributed by atoms with E-state index in [1.165, 1.54) is 11.0 Å². The minimum Gasteiger partial charge on any atom is -0.449 e. The molecule has 3 aromatic rings. The molecule has 2 aromatic carbocycles. The predicted octanol–water partition coefficient (Wildman–Crippen LogP) is 2.57. The van der Waals surface area contributed by atoms with E-state index in [-0.39, 0.29) is 17.6 Å². The lowest BCUT2D eigenvalue weighted by Crippen LogP contribution is -2.48. The second kappa shape index (κ2) is 6.30. The molecule has 7 heteroatoms. The number of hydrogen-bond acceptors (Lipinski definition) is 5. The number of nitrogens with zero attached hydrogens (tertiary/aromatic N) is 4. The molecule has 0 radical (unpaired) electrons. The lowest BCUT2D eigenvalue weighted by molar-refractivity contribution is -0.0443. The Morgan fingerprint density at radius 3 is 2.71 bits per heavy atom. The molecule has 3 heterocycles. The third kappa shape index (κ3) is 2.58. The summed E-state index contributed by atoms with van der Waals surface area (Å²) < 4.78 is 5.78. The minimum absolute atomic E-state index is 0.207. The highest BCUT2D eigenvalue weighted by molar-refractivity contribution is 5.95. The van der Waals surface area contributed by atoms with E-state index in [1.54, 1.807) is 11.0 Å². The van der Waals surface area contributed by atoms with Crippen LogP contribution in [-0.4, -0.2) is 44.9 Å². The zero-order chi connectivity index (χ0) is 19.1. The van der Waals surface area contributed by atoms with Gasteiger partial charge in [-0.2, -0.15) is 9.90 Å². The Labute approximate surface area is 161 Å². The van der Waals surface area contributed by atoms with Crippen LogP contribution in [0.5, 0.6) is 0 Å². The van der Waals surface area contributed by atoms with Gasteiger partial charge in [-0.15, -0.1) is 5.10 Å². The van der Waals surface area contributed by atoms with E-state index < -0.39 is 5.60 Å². The van der Waals surface area contributed by atoms with Gasteiger partial charge in [-0.1, -0.05) is 36.4 Å². The molecular formula is C21H18N4O3. The number of piperidine rings is 1. The molecule has 0 aliphatic carbocycles. The number of likely N-dealkylation sites (tertiary alicyclic amines) is 1. The number of amides is 1. The number of aromatic nitrogens is 3. The van der Waals surface area contributed by atoms with Crippen LogP contribution >= 0.6 is 0 Å². The number of carbonyl (C=O) groups excluding carboxylic acids is 2. The van der Waals surface area contributed by atoms with Crippen molar-refractivity contribution in [2.75, 3.05) is 13.1 Å². The summed E-state index contributed by atoms with van der Waals surface area (Å²) >= 11 is 0. The largest absolute Gasteiger partial charge is 0.449 e. The van der Waals surface area contributed by atoms with Gasteiger partial charge in [0.15, 0.2) is 11.3 Å². The molecule has 0 bridgehead atoms. The smallest absolute Gasteiger partial charge is 0.339 e. The van der Waals surface area contributed by atoms with Gasteiger partial charge in [-0.25, -0.2) is 4.79 Å². The number of rotatable bonds is 2. The first-order valence-corrected chi connectivity index (χ1v) is 9.26. The summed E-state index contributed by atoms with van der Waals surface area (Å²) in [6, 6.07) is 16.9. The van der Waals surface area contributed by atoms with E-state index in [4.69, 9.17) is 4.74 Å². The fourth-order valence-corrected chi connectivity index (χ4v) is 4.05.